The first-order valence-electron chi connectivity index (χ1n) is 9.07. The molecule has 0 aliphatic carbocycles. The number of rotatable bonds is 7. The molecule has 8 heteroatoms. The van der Waals surface area contributed by atoms with Gasteiger partial charge in [-0.1, -0.05) is 12.1 Å². The van der Waals surface area contributed by atoms with Crippen LogP contribution in [0.5, 0.6) is 5.75 Å². The molecule has 1 atom stereocenters. The van der Waals surface area contributed by atoms with Crippen LogP contribution in [0.2, 0.25) is 0 Å². The quantitative estimate of drug-likeness (QED) is 0.561. The summed E-state index contributed by atoms with van der Waals surface area (Å²) in [5.74, 6) is 1.32. The highest BCUT2D eigenvalue weighted by molar-refractivity contribution is 7.91. The van der Waals surface area contributed by atoms with Crippen molar-refractivity contribution in [2.45, 2.75) is 25.6 Å². The number of thiophene rings is 1. The van der Waals surface area contributed by atoms with Gasteiger partial charge in [-0.15, -0.1) is 11.3 Å². The Morgan fingerprint density at radius 1 is 1.18 bits per heavy atom. The lowest BCUT2D eigenvalue weighted by Crippen LogP contribution is -2.35. The van der Waals surface area contributed by atoms with Gasteiger partial charge in [0.15, 0.2) is 9.84 Å². The maximum Gasteiger partial charge on any atom is 0.151 e. The van der Waals surface area contributed by atoms with Crippen molar-refractivity contribution < 1.29 is 13.2 Å². The summed E-state index contributed by atoms with van der Waals surface area (Å²) in [5.41, 5.74) is 3.27. The number of aromatic nitrogens is 1. The van der Waals surface area contributed by atoms with Crippen LogP contribution in [0.3, 0.4) is 0 Å². The molecule has 1 fully saturated rings. The third-order valence-electron chi connectivity index (χ3n) is 4.95. The summed E-state index contributed by atoms with van der Waals surface area (Å²) in [4.78, 5) is 7.03. The second-order valence-corrected chi connectivity index (χ2v) is 10.8. The van der Waals surface area contributed by atoms with Crippen LogP contribution in [-0.4, -0.2) is 43.0 Å². The standard InChI is InChI=1S/C20H22N2O3S3/c1-25-19-4-2-15(3-5-19)10-22(18-7-9-28(23,24)14-18)11-17-13-27-20(21-17)16-6-8-26-12-16/h2-6,8,12-13,18H,7,9-11,14H2,1H3/t18-/m0/s1. The normalized spacial score (nSPS) is 18.6. The Labute approximate surface area is 173 Å². The second-order valence-electron chi connectivity index (χ2n) is 6.97. The Morgan fingerprint density at radius 2 is 2.00 bits per heavy atom. The van der Waals surface area contributed by atoms with Crippen LogP contribution in [0.15, 0.2) is 46.5 Å². The molecule has 28 heavy (non-hydrogen) atoms. The van der Waals surface area contributed by atoms with E-state index in [0.717, 1.165) is 27.6 Å². The lowest BCUT2D eigenvalue weighted by atomic mass is 10.1. The van der Waals surface area contributed by atoms with E-state index in [1.807, 2.05) is 24.3 Å². The van der Waals surface area contributed by atoms with Crippen molar-refractivity contribution in [1.29, 1.82) is 0 Å². The Morgan fingerprint density at radius 3 is 2.64 bits per heavy atom. The zero-order valence-corrected chi connectivity index (χ0v) is 18.0. The number of thiazole rings is 1. The minimum atomic E-state index is -2.94. The average molecular weight is 435 g/mol. The van der Waals surface area contributed by atoms with Gasteiger partial charge in [0.1, 0.15) is 10.8 Å². The van der Waals surface area contributed by atoms with Crippen molar-refractivity contribution in [1.82, 2.24) is 9.88 Å². The number of benzene rings is 1. The van der Waals surface area contributed by atoms with Crippen molar-refractivity contribution in [3.63, 3.8) is 0 Å². The van der Waals surface area contributed by atoms with E-state index in [1.54, 1.807) is 29.8 Å². The highest BCUT2D eigenvalue weighted by atomic mass is 32.2. The van der Waals surface area contributed by atoms with E-state index in [2.05, 4.69) is 27.1 Å². The van der Waals surface area contributed by atoms with Gasteiger partial charge in [0.05, 0.1) is 24.3 Å². The molecular formula is C20H22N2O3S3. The average Bonchev–Trinajstić information content (AvgIpc) is 3.42. The van der Waals surface area contributed by atoms with Crippen LogP contribution in [0.1, 0.15) is 17.7 Å². The first kappa shape index (κ1) is 19.6. The van der Waals surface area contributed by atoms with E-state index in [1.165, 1.54) is 0 Å². The molecule has 1 aliphatic heterocycles. The summed E-state index contributed by atoms with van der Waals surface area (Å²) < 4.78 is 29.3. The third kappa shape index (κ3) is 4.63. The number of sulfone groups is 1. The highest BCUT2D eigenvalue weighted by Gasteiger charge is 2.32. The molecule has 0 radical (unpaired) electrons. The van der Waals surface area contributed by atoms with E-state index < -0.39 is 9.84 Å². The van der Waals surface area contributed by atoms with Gasteiger partial charge in [-0.25, -0.2) is 13.4 Å². The zero-order chi connectivity index (χ0) is 19.6. The van der Waals surface area contributed by atoms with E-state index >= 15 is 0 Å². The fourth-order valence-corrected chi connectivity index (χ4v) is 6.73. The molecule has 0 unspecified atom stereocenters. The number of hydrogen-bond acceptors (Lipinski definition) is 7. The largest absolute Gasteiger partial charge is 0.497 e. The van der Waals surface area contributed by atoms with Crippen LogP contribution in [0.4, 0.5) is 0 Å². The second kappa shape index (κ2) is 8.32. The molecule has 148 valence electrons. The Bertz CT molecular complexity index is 1010. The van der Waals surface area contributed by atoms with Crippen molar-refractivity contribution in [2.24, 2.45) is 0 Å². The van der Waals surface area contributed by atoms with Gasteiger partial charge < -0.3 is 4.74 Å². The molecule has 0 amide bonds. The summed E-state index contributed by atoms with van der Waals surface area (Å²) in [6.07, 6.45) is 0.681. The molecule has 0 spiro atoms. The fourth-order valence-electron chi connectivity index (χ4n) is 3.45. The summed E-state index contributed by atoms with van der Waals surface area (Å²) >= 11 is 3.30. The van der Waals surface area contributed by atoms with Crippen LogP contribution < -0.4 is 4.74 Å². The number of nitrogens with zero attached hydrogens (tertiary/aromatic N) is 2. The molecule has 2 aromatic heterocycles. The molecule has 3 aromatic rings. The van der Waals surface area contributed by atoms with Crippen molar-refractivity contribution in [3.8, 4) is 16.3 Å². The molecule has 3 heterocycles. The van der Waals surface area contributed by atoms with Crippen LogP contribution in [-0.2, 0) is 22.9 Å². The minimum Gasteiger partial charge on any atom is -0.497 e. The van der Waals surface area contributed by atoms with Gasteiger partial charge in [0.2, 0.25) is 0 Å². The van der Waals surface area contributed by atoms with Gasteiger partial charge in [0, 0.05) is 35.5 Å². The maximum atomic E-state index is 12.0. The molecule has 1 saturated heterocycles. The Hall–Kier alpha value is -1.74. The summed E-state index contributed by atoms with van der Waals surface area (Å²) in [6.45, 7) is 1.34. The lowest BCUT2D eigenvalue weighted by Gasteiger charge is -2.27. The third-order valence-corrected chi connectivity index (χ3v) is 8.33. The summed E-state index contributed by atoms with van der Waals surface area (Å²) in [7, 11) is -1.29. The van der Waals surface area contributed by atoms with Gasteiger partial charge in [-0.2, -0.15) is 11.3 Å². The molecule has 0 N–H and O–H groups in total. The molecule has 0 saturated carbocycles. The molecule has 4 rings (SSSR count). The van der Waals surface area contributed by atoms with Gasteiger partial charge in [-0.05, 0) is 35.6 Å². The van der Waals surface area contributed by atoms with E-state index in [0.29, 0.717) is 19.5 Å². The minimum absolute atomic E-state index is 0.0263. The van der Waals surface area contributed by atoms with Gasteiger partial charge >= 0.3 is 0 Å². The van der Waals surface area contributed by atoms with Crippen LogP contribution in [0, 0.1) is 0 Å². The number of hydrogen-bond donors (Lipinski definition) is 0. The Balaban J connectivity index is 1.54. The first-order valence-corrected chi connectivity index (χ1v) is 12.7. The van der Waals surface area contributed by atoms with E-state index in [9.17, 15) is 8.42 Å². The maximum absolute atomic E-state index is 12.0. The van der Waals surface area contributed by atoms with Crippen LogP contribution in [0.25, 0.3) is 10.6 Å². The molecule has 1 aromatic carbocycles. The fraction of sp³-hybridized carbons (Fsp3) is 0.350. The molecule has 0 bridgehead atoms. The SMILES string of the molecule is COc1ccc(CN(Cc2csc(-c3ccsc3)n2)[C@H]2CCS(=O)(=O)C2)cc1. The number of methoxy groups -OCH3 is 1. The van der Waals surface area contributed by atoms with Crippen LogP contribution >= 0.6 is 22.7 Å². The van der Waals surface area contributed by atoms with E-state index in [-0.39, 0.29) is 17.5 Å². The highest BCUT2D eigenvalue weighted by Crippen LogP contribution is 2.28. The van der Waals surface area contributed by atoms with Gasteiger partial charge in [-0.3, -0.25) is 4.90 Å². The van der Waals surface area contributed by atoms with Gasteiger partial charge in [0.25, 0.3) is 0 Å². The molecule has 5 nitrogen and oxygen atoms in total. The predicted molar refractivity (Wildman–Crippen MR) is 115 cm³/mol. The first-order chi connectivity index (χ1) is 13.5. The smallest absolute Gasteiger partial charge is 0.151 e. The van der Waals surface area contributed by atoms with E-state index in [4.69, 9.17) is 9.72 Å². The zero-order valence-electron chi connectivity index (χ0n) is 15.6. The van der Waals surface area contributed by atoms with Crippen molar-refractivity contribution >= 4 is 32.5 Å². The monoisotopic (exact) mass is 434 g/mol. The van der Waals surface area contributed by atoms with Crippen molar-refractivity contribution in [2.75, 3.05) is 18.6 Å². The molecular weight excluding hydrogens is 412 g/mol. The summed E-state index contributed by atoms with van der Waals surface area (Å²) in [5, 5.41) is 7.24. The van der Waals surface area contributed by atoms with Crippen molar-refractivity contribution in [3.05, 3.63) is 57.7 Å². The summed E-state index contributed by atoms with van der Waals surface area (Å²) in [6, 6.07) is 10.1. The predicted octanol–water partition coefficient (Wildman–Crippen LogP) is 4.07. The lowest BCUT2D eigenvalue weighted by molar-refractivity contribution is 0.192. The Kier molecular flexibility index (Phi) is 5.82. The topological polar surface area (TPSA) is 59.5 Å². The molecule has 1 aliphatic rings. The number of ether oxygens (including phenoxy) is 1.